The fourth-order valence-electron chi connectivity index (χ4n) is 1.91. The van der Waals surface area contributed by atoms with Crippen LogP contribution in [0, 0.1) is 0 Å². The van der Waals surface area contributed by atoms with Crippen molar-refractivity contribution in [2.45, 2.75) is 19.6 Å². The number of halogens is 1. The van der Waals surface area contributed by atoms with E-state index >= 15 is 0 Å². The van der Waals surface area contributed by atoms with Crippen LogP contribution in [0.4, 0.5) is 0 Å². The van der Waals surface area contributed by atoms with Crippen LogP contribution in [0.5, 0.6) is 0 Å². The Hall–Kier alpha value is -1.47. The van der Waals surface area contributed by atoms with Gasteiger partial charge in [0.15, 0.2) is 5.82 Å². The molecule has 2 aromatic rings. The van der Waals surface area contributed by atoms with Gasteiger partial charge < -0.3 is 15.0 Å². The summed E-state index contributed by atoms with van der Waals surface area (Å²) in [6.45, 7) is 3.16. The van der Waals surface area contributed by atoms with E-state index in [9.17, 15) is 0 Å². The molecule has 0 aliphatic rings. The molecule has 1 aromatic heterocycles. The van der Waals surface area contributed by atoms with Crippen molar-refractivity contribution in [3.05, 3.63) is 47.6 Å². The molecular weight excluding hydrogens is 292 g/mol. The third-order valence-electron chi connectivity index (χ3n) is 2.91. The molecule has 116 valence electrons. The first-order valence-corrected chi connectivity index (χ1v) is 6.58. The number of ether oxygens (including phenoxy) is 1. The van der Waals surface area contributed by atoms with Gasteiger partial charge in [0.25, 0.3) is 0 Å². The minimum Gasteiger partial charge on any atom is -0.383 e. The third-order valence-corrected chi connectivity index (χ3v) is 2.91. The molecule has 6 nitrogen and oxygen atoms in total. The number of nitrogens with zero attached hydrogens (tertiary/aromatic N) is 3. The molecule has 0 aliphatic heterocycles. The maximum absolute atomic E-state index is 5.47. The molecule has 1 heterocycles. The zero-order chi connectivity index (χ0) is 14.2. The van der Waals surface area contributed by atoms with Gasteiger partial charge in [0.2, 0.25) is 5.89 Å². The van der Waals surface area contributed by atoms with Crippen molar-refractivity contribution < 1.29 is 9.26 Å². The monoisotopic (exact) mass is 312 g/mol. The molecule has 0 atom stereocenters. The number of aromatic nitrogens is 2. The first-order valence-electron chi connectivity index (χ1n) is 6.58. The molecule has 7 heteroatoms. The zero-order valence-corrected chi connectivity index (χ0v) is 12.9. The summed E-state index contributed by atoms with van der Waals surface area (Å²) in [4.78, 5) is 6.45. The zero-order valence-electron chi connectivity index (χ0n) is 12.1. The van der Waals surface area contributed by atoms with Crippen LogP contribution in [0.25, 0.3) is 0 Å². The second-order valence-electron chi connectivity index (χ2n) is 4.50. The Morgan fingerprint density at radius 1 is 1.24 bits per heavy atom. The van der Waals surface area contributed by atoms with Gasteiger partial charge in [-0.25, -0.2) is 0 Å². The molecule has 0 saturated heterocycles. The average molecular weight is 313 g/mol. The molecule has 0 spiro atoms. The molecular formula is C14H21ClN4O2. The van der Waals surface area contributed by atoms with Crippen LogP contribution in [0.2, 0.25) is 0 Å². The van der Waals surface area contributed by atoms with Crippen LogP contribution < -0.4 is 5.73 Å². The Morgan fingerprint density at radius 3 is 2.62 bits per heavy atom. The first-order chi connectivity index (χ1) is 9.81. The molecule has 0 unspecified atom stereocenters. The Morgan fingerprint density at radius 2 is 2.00 bits per heavy atom. The SMILES string of the molecule is COCCN(Cc1ccccc1)Cc1noc(CN)n1.Cl. The van der Waals surface area contributed by atoms with E-state index in [0.717, 1.165) is 13.1 Å². The van der Waals surface area contributed by atoms with Crippen LogP contribution in [-0.2, 0) is 24.4 Å². The van der Waals surface area contributed by atoms with Crippen molar-refractivity contribution >= 4 is 12.4 Å². The Kier molecular flexibility index (Phi) is 7.92. The summed E-state index contributed by atoms with van der Waals surface area (Å²) in [7, 11) is 1.70. The molecule has 1 aromatic carbocycles. The molecule has 2 rings (SSSR count). The van der Waals surface area contributed by atoms with Gasteiger partial charge in [-0.2, -0.15) is 4.98 Å². The number of rotatable bonds is 8. The quantitative estimate of drug-likeness (QED) is 0.798. The molecule has 0 fully saturated rings. The van der Waals surface area contributed by atoms with Crippen molar-refractivity contribution in [2.75, 3.05) is 20.3 Å². The maximum atomic E-state index is 5.47. The minimum atomic E-state index is 0. The van der Waals surface area contributed by atoms with Gasteiger partial charge in [-0.3, -0.25) is 4.90 Å². The normalized spacial score (nSPS) is 10.6. The molecule has 21 heavy (non-hydrogen) atoms. The van der Waals surface area contributed by atoms with Gasteiger partial charge in [0.1, 0.15) is 0 Å². The summed E-state index contributed by atoms with van der Waals surface area (Å²) in [6.07, 6.45) is 0. The van der Waals surface area contributed by atoms with Crippen molar-refractivity contribution in [1.82, 2.24) is 15.0 Å². The highest BCUT2D eigenvalue weighted by molar-refractivity contribution is 5.85. The molecule has 0 aliphatic carbocycles. The summed E-state index contributed by atoms with van der Waals surface area (Å²) in [5, 5.41) is 3.93. The average Bonchev–Trinajstić information content (AvgIpc) is 2.93. The summed E-state index contributed by atoms with van der Waals surface area (Å²) in [5.41, 5.74) is 6.71. The predicted octanol–water partition coefficient (Wildman–Crippen LogP) is 1.60. The van der Waals surface area contributed by atoms with E-state index in [-0.39, 0.29) is 19.0 Å². The minimum absolute atomic E-state index is 0. The number of hydrogen-bond acceptors (Lipinski definition) is 6. The smallest absolute Gasteiger partial charge is 0.240 e. The molecule has 0 radical (unpaired) electrons. The van der Waals surface area contributed by atoms with Gasteiger partial charge in [0.05, 0.1) is 19.7 Å². The Labute approximate surface area is 130 Å². The van der Waals surface area contributed by atoms with E-state index in [4.69, 9.17) is 15.0 Å². The van der Waals surface area contributed by atoms with E-state index in [1.807, 2.05) is 18.2 Å². The lowest BCUT2D eigenvalue weighted by Gasteiger charge is -2.20. The molecule has 0 bridgehead atoms. The highest BCUT2D eigenvalue weighted by atomic mass is 35.5. The number of benzene rings is 1. The highest BCUT2D eigenvalue weighted by Crippen LogP contribution is 2.08. The van der Waals surface area contributed by atoms with Gasteiger partial charge >= 0.3 is 0 Å². The second kappa shape index (κ2) is 9.46. The van der Waals surface area contributed by atoms with Crippen LogP contribution in [0.3, 0.4) is 0 Å². The van der Waals surface area contributed by atoms with Gasteiger partial charge in [-0.05, 0) is 5.56 Å². The number of nitrogens with two attached hydrogens (primary N) is 1. The van der Waals surface area contributed by atoms with E-state index in [1.165, 1.54) is 5.56 Å². The first kappa shape index (κ1) is 17.6. The van der Waals surface area contributed by atoms with E-state index in [1.54, 1.807) is 7.11 Å². The summed E-state index contributed by atoms with van der Waals surface area (Å²) in [5.74, 6) is 1.11. The van der Waals surface area contributed by atoms with Crippen LogP contribution in [-0.4, -0.2) is 35.3 Å². The van der Waals surface area contributed by atoms with Crippen molar-refractivity contribution in [3.63, 3.8) is 0 Å². The molecule has 0 saturated carbocycles. The largest absolute Gasteiger partial charge is 0.383 e. The summed E-state index contributed by atoms with van der Waals surface area (Å²) >= 11 is 0. The fraction of sp³-hybridized carbons (Fsp3) is 0.429. The Bertz CT molecular complexity index is 507. The number of methoxy groups -OCH3 is 1. The van der Waals surface area contributed by atoms with Crippen molar-refractivity contribution in [2.24, 2.45) is 5.73 Å². The lowest BCUT2D eigenvalue weighted by molar-refractivity contribution is 0.137. The highest BCUT2D eigenvalue weighted by Gasteiger charge is 2.11. The lowest BCUT2D eigenvalue weighted by atomic mass is 10.2. The topological polar surface area (TPSA) is 77.4 Å². The maximum Gasteiger partial charge on any atom is 0.240 e. The van der Waals surface area contributed by atoms with Crippen LogP contribution in [0.1, 0.15) is 17.3 Å². The van der Waals surface area contributed by atoms with Gasteiger partial charge in [-0.15, -0.1) is 12.4 Å². The standard InChI is InChI=1S/C14H20N4O2.ClH/c1-19-8-7-18(10-12-5-3-2-4-6-12)11-13-16-14(9-15)20-17-13;/h2-6H,7-11,15H2,1H3;1H. The second-order valence-corrected chi connectivity index (χ2v) is 4.50. The van der Waals surface area contributed by atoms with E-state index in [0.29, 0.717) is 24.9 Å². The lowest BCUT2D eigenvalue weighted by Crippen LogP contribution is -2.27. The van der Waals surface area contributed by atoms with Gasteiger partial charge in [0, 0.05) is 20.2 Å². The van der Waals surface area contributed by atoms with E-state index in [2.05, 4.69) is 27.2 Å². The summed E-state index contributed by atoms with van der Waals surface area (Å²) in [6, 6.07) is 10.3. The van der Waals surface area contributed by atoms with E-state index < -0.39 is 0 Å². The summed E-state index contributed by atoms with van der Waals surface area (Å²) < 4.78 is 10.2. The molecule has 0 amide bonds. The Balaban J connectivity index is 0.00000220. The number of hydrogen-bond donors (Lipinski definition) is 1. The fourth-order valence-corrected chi connectivity index (χ4v) is 1.91. The van der Waals surface area contributed by atoms with Crippen LogP contribution in [0.15, 0.2) is 34.9 Å². The van der Waals surface area contributed by atoms with Crippen molar-refractivity contribution in [1.29, 1.82) is 0 Å². The third kappa shape index (κ3) is 5.81. The van der Waals surface area contributed by atoms with Gasteiger partial charge in [-0.1, -0.05) is 35.5 Å². The van der Waals surface area contributed by atoms with Crippen LogP contribution >= 0.6 is 12.4 Å². The predicted molar refractivity (Wildman–Crippen MR) is 81.9 cm³/mol. The van der Waals surface area contributed by atoms with Crippen molar-refractivity contribution in [3.8, 4) is 0 Å². The molecule has 2 N–H and O–H groups in total.